The molecule has 0 fully saturated rings. The first-order chi connectivity index (χ1) is 5.97. The maximum Gasteiger partial charge on any atom is 0.264 e. The summed E-state index contributed by atoms with van der Waals surface area (Å²) in [7, 11) is -3.36. The van der Waals surface area contributed by atoms with Gasteiger partial charge in [-0.2, -0.15) is 13.5 Å². The molecule has 74 valence electrons. The van der Waals surface area contributed by atoms with Crippen LogP contribution < -0.4 is 0 Å². The van der Waals surface area contributed by atoms with Crippen molar-refractivity contribution in [3.8, 4) is 0 Å². The lowest BCUT2D eigenvalue weighted by Gasteiger charge is -2.00. The monoisotopic (exact) mass is 224 g/mol. The highest BCUT2D eigenvalue weighted by atomic mass is 35.5. The summed E-state index contributed by atoms with van der Waals surface area (Å²) in [6, 6.07) is 0. The topological polar surface area (TPSA) is 61.2 Å². The second-order valence-corrected chi connectivity index (χ2v) is 4.53. The third kappa shape index (κ3) is 4.25. The minimum absolute atomic E-state index is 0.0663. The Morgan fingerprint density at radius 1 is 1.69 bits per heavy atom. The first kappa shape index (κ1) is 10.5. The fourth-order valence-corrected chi connectivity index (χ4v) is 1.28. The molecule has 13 heavy (non-hydrogen) atoms. The Balaban J connectivity index is 2.36. The molecule has 0 spiro atoms. The molecule has 1 aromatic heterocycles. The predicted molar refractivity (Wildman–Crippen MR) is 48.0 cm³/mol. The van der Waals surface area contributed by atoms with E-state index >= 15 is 0 Å². The number of hydrogen-bond donors (Lipinski definition) is 0. The van der Waals surface area contributed by atoms with Crippen LogP contribution in [0.4, 0.5) is 0 Å². The van der Waals surface area contributed by atoms with Crippen LogP contribution in [0.1, 0.15) is 0 Å². The van der Waals surface area contributed by atoms with Gasteiger partial charge in [-0.3, -0.25) is 8.86 Å². The van der Waals surface area contributed by atoms with Gasteiger partial charge in [-0.15, -0.1) is 0 Å². The van der Waals surface area contributed by atoms with E-state index in [4.69, 9.17) is 11.6 Å². The summed E-state index contributed by atoms with van der Waals surface area (Å²) in [6.45, 7) is 0.427. The summed E-state index contributed by atoms with van der Waals surface area (Å²) in [4.78, 5) is 0. The SMILES string of the molecule is CS(=O)(=O)OCCn1cc(Cl)cn1. The molecule has 5 nitrogen and oxygen atoms in total. The van der Waals surface area contributed by atoms with Gasteiger partial charge in [-0.05, 0) is 0 Å². The van der Waals surface area contributed by atoms with Crippen LogP contribution in [0.3, 0.4) is 0 Å². The Hall–Kier alpha value is -0.590. The highest BCUT2D eigenvalue weighted by Crippen LogP contribution is 2.04. The summed E-state index contributed by atoms with van der Waals surface area (Å²) >= 11 is 5.59. The summed E-state index contributed by atoms with van der Waals surface area (Å²) in [5.74, 6) is 0. The predicted octanol–water partition coefficient (Wildman–Crippen LogP) is 0.513. The molecular weight excluding hydrogens is 216 g/mol. The van der Waals surface area contributed by atoms with Crippen molar-refractivity contribution in [2.24, 2.45) is 0 Å². The Bertz CT molecular complexity index is 373. The number of aromatic nitrogens is 2. The smallest absolute Gasteiger partial charge is 0.264 e. The third-order valence-corrected chi connectivity index (χ3v) is 2.01. The van der Waals surface area contributed by atoms with E-state index in [0.717, 1.165) is 6.26 Å². The van der Waals surface area contributed by atoms with Crippen LogP contribution in [0.2, 0.25) is 5.02 Å². The largest absolute Gasteiger partial charge is 0.269 e. The van der Waals surface area contributed by atoms with Crippen molar-refractivity contribution >= 4 is 21.7 Å². The van der Waals surface area contributed by atoms with Crippen molar-refractivity contribution in [2.75, 3.05) is 12.9 Å². The average Bonchev–Trinajstić information content (AvgIpc) is 2.33. The maximum atomic E-state index is 10.5. The molecule has 0 radical (unpaired) electrons. The maximum absolute atomic E-state index is 10.5. The molecule has 0 atom stereocenters. The van der Waals surface area contributed by atoms with Gasteiger partial charge in [0.15, 0.2) is 0 Å². The lowest BCUT2D eigenvalue weighted by molar-refractivity contribution is 0.297. The fourth-order valence-electron chi connectivity index (χ4n) is 0.743. The number of nitrogens with zero attached hydrogens (tertiary/aromatic N) is 2. The zero-order valence-corrected chi connectivity index (χ0v) is 8.55. The highest BCUT2D eigenvalue weighted by molar-refractivity contribution is 7.85. The van der Waals surface area contributed by atoms with Gasteiger partial charge >= 0.3 is 0 Å². The van der Waals surface area contributed by atoms with Gasteiger partial charge < -0.3 is 0 Å². The lowest BCUT2D eigenvalue weighted by atomic mass is 10.7. The van der Waals surface area contributed by atoms with Crippen LogP contribution in [0.5, 0.6) is 0 Å². The quantitative estimate of drug-likeness (QED) is 0.700. The molecule has 0 saturated carbocycles. The molecule has 0 amide bonds. The molecule has 0 bridgehead atoms. The van der Waals surface area contributed by atoms with Gasteiger partial charge in [0, 0.05) is 6.20 Å². The summed E-state index contributed by atoms with van der Waals surface area (Å²) in [5, 5.41) is 4.36. The molecule has 7 heteroatoms. The fraction of sp³-hybridized carbons (Fsp3) is 0.500. The number of halogens is 1. The Kier molecular flexibility index (Phi) is 3.29. The van der Waals surface area contributed by atoms with Gasteiger partial charge in [-0.1, -0.05) is 11.6 Å². The van der Waals surface area contributed by atoms with Gasteiger partial charge in [0.25, 0.3) is 10.1 Å². The van der Waals surface area contributed by atoms with Gasteiger partial charge in [0.05, 0.1) is 30.6 Å². The third-order valence-electron chi connectivity index (χ3n) is 1.22. The van der Waals surface area contributed by atoms with Crippen LogP contribution in [0, 0.1) is 0 Å². The van der Waals surface area contributed by atoms with Crippen molar-refractivity contribution in [3.63, 3.8) is 0 Å². The zero-order valence-electron chi connectivity index (χ0n) is 6.97. The molecule has 1 rings (SSSR count). The van der Waals surface area contributed by atoms with E-state index in [1.54, 1.807) is 6.20 Å². The van der Waals surface area contributed by atoms with Gasteiger partial charge in [0.2, 0.25) is 0 Å². The summed E-state index contributed by atoms with van der Waals surface area (Å²) in [5.41, 5.74) is 0. The van der Waals surface area contributed by atoms with E-state index in [0.29, 0.717) is 11.6 Å². The Morgan fingerprint density at radius 3 is 2.85 bits per heavy atom. The molecule has 0 unspecified atom stereocenters. The minimum Gasteiger partial charge on any atom is -0.269 e. The molecule has 0 aromatic carbocycles. The number of rotatable bonds is 4. The van der Waals surface area contributed by atoms with Crippen LogP contribution in [0.25, 0.3) is 0 Å². The molecule has 0 aliphatic heterocycles. The highest BCUT2D eigenvalue weighted by Gasteiger charge is 2.01. The molecule has 0 saturated heterocycles. The summed E-state index contributed by atoms with van der Waals surface area (Å²) in [6.07, 6.45) is 4.07. The van der Waals surface area contributed by atoms with Crippen molar-refractivity contribution in [3.05, 3.63) is 17.4 Å². The van der Waals surface area contributed by atoms with E-state index in [2.05, 4.69) is 9.28 Å². The van der Waals surface area contributed by atoms with Gasteiger partial charge in [-0.25, -0.2) is 0 Å². The molecule has 1 aromatic rings. The number of hydrogen-bond acceptors (Lipinski definition) is 4. The van der Waals surface area contributed by atoms with Crippen molar-refractivity contribution in [1.82, 2.24) is 9.78 Å². The molecule has 0 aliphatic carbocycles. The first-order valence-electron chi connectivity index (χ1n) is 3.50. The standard InChI is InChI=1S/C6H9ClN2O3S/c1-13(10,11)12-3-2-9-5-6(7)4-8-9/h4-5H,2-3H2,1H3. The van der Waals surface area contributed by atoms with Crippen molar-refractivity contribution < 1.29 is 12.6 Å². The van der Waals surface area contributed by atoms with E-state index in [-0.39, 0.29) is 6.61 Å². The Morgan fingerprint density at radius 2 is 2.38 bits per heavy atom. The molecular formula is C6H9ClN2O3S. The Labute approximate surface area is 81.4 Å². The van der Waals surface area contributed by atoms with Crippen molar-refractivity contribution in [1.29, 1.82) is 0 Å². The first-order valence-corrected chi connectivity index (χ1v) is 5.69. The zero-order chi connectivity index (χ0) is 9.90. The average molecular weight is 225 g/mol. The second-order valence-electron chi connectivity index (χ2n) is 2.45. The normalized spacial score (nSPS) is 11.8. The van der Waals surface area contributed by atoms with Crippen LogP contribution in [0.15, 0.2) is 12.4 Å². The van der Waals surface area contributed by atoms with Crippen LogP contribution >= 0.6 is 11.6 Å². The van der Waals surface area contributed by atoms with Crippen LogP contribution in [-0.2, 0) is 20.8 Å². The molecule has 1 heterocycles. The van der Waals surface area contributed by atoms with E-state index in [9.17, 15) is 8.42 Å². The second kappa shape index (κ2) is 4.08. The minimum atomic E-state index is -3.36. The van der Waals surface area contributed by atoms with Gasteiger partial charge in [0.1, 0.15) is 0 Å². The lowest BCUT2D eigenvalue weighted by Crippen LogP contribution is -2.10. The molecule has 0 N–H and O–H groups in total. The van der Waals surface area contributed by atoms with Crippen molar-refractivity contribution in [2.45, 2.75) is 6.54 Å². The van der Waals surface area contributed by atoms with E-state index in [1.165, 1.54) is 10.9 Å². The van der Waals surface area contributed by atoms with Crippen LogP contribution in [-0.4, -0.2) is 31.1 Å². The van der Waals surface area contributed by atoms with E-state index in [1.807, 2.05) is 0 Å². The molecule has 0 aliphatic rings. The van der Waals surface area contributed by atoms with E-state index < -0.39 is 10.1 Å². The summed E-state index contributed by atoms with van der Waals surface area (Å²) < 4.78 is 27.1.